The second-order valence-electron chi connectivity index (χ2n) is 7.35. The predicted molar refractivity (Wildman–Crippen MR) is 127 cm³/mol. The van der Waals surface area contributed by atoms with Crippen molar-refractivity contribution >= 4 is 45.9 Å². The van der Waals surface area contributed by atoms with Gasteiger partial charge in [0.25, 0.3) is 5.56 Å². The summed E-state index contributed by atoms with van der Waals surface area (Å²) in [5.74, 6) is -1.30. The molecular weight excluding hydrogens is 482 g/mol. The quantitative estimate of drug-likeness (QED) is 0.314. The Morgan fingerprint density at radius 1 is 1.09 bits per heavy atom. The van der Waals surface area contributed by atoms with Crippen LogP contribution in [0, 0.1) is 5.82 Å². The van der Waals surface area contributed by atoms with E-state index < -0.39 is 17.3 Å². The summed E-state index contributed by atoms with van der Waals surface area (Å²) in [6.07, 6.45) is 4.30. The summed E-state index contributed by atoms with van der Waals surface area (Å²) in [6.45, 7) is 1.78. The van der Waals surface area contributed by atoms with Crippen LogP contribution in [0.3, 0.4) is 0 Å². The number of aromatic nitrogens is 4. The Labute approximate surface area is 202 Å². The molecule has 0 N–H and O–H groups in total. The second kappa shape index (κ2) is 8.55. The van der Waals surface area contributed by atoms with E-state index in [4.69, 9.17) is 27.9 Å². The molecule has 0 unspecified atom stereocenters. The molecule has 7 nitrogen and oxygen atoms in total. The number of nitrogens with zero attached hydrogens (tertiary/aromatic N) is 4. The van der Waals surface area contributed by atoms with Crippen molar-refractivity contribution in [1.29, 1.82) is 0 Å². The van der Waals surface area contributed by atoms with Crippen LogP contribution in [0.15, 0.2) is 66.0 Å². The fourth-order valence-electron chi connectivity index (χ4n) is 3.75. The number of halogens is 3. The first-order valence-electron chi connectivity index (χ1n) is 10.2. The first kappa shape index (κ1) is 22.1. The van der Waals surface area contributed by atoms with Crippen molar-refractivity contribution in [2.75, 3.05) is 6.61 Å². The average molecular weight is 497 g/mol. The van der Waals surface area contributed by atoms with Gasteiger partial charge in [-0.05, 0) is 42.8 Å². The Hall–Kier alpha value is -3.75. The lowest BCUT2D eigenvalue weighted by atomic mass is 10.1. The van der Waals surface area contributed by atoms with E-state index in [-0.39, 0.29) is 17.2 Å². The summed E-state index contributed by atoms with van der Waals surface area (Å²) in [4.78, 5) is 34.1. The Kier molecular flexibility index (Phi) is 5.55. The monoisotopic (exact) mass is 496 g/mol. The van der Waals surface area contributed by atoms with Crippen molar-refractivity contribution in [2.24, 2.45) is 0 Å². The fourth-order valence-corrected chi connectivity index (χ4v) is 4.05. The summed E-state index contributed by atoms with van der Waals surface area (Å²) in [6, 6.07) is 11.5. The molecule has 0 atom stereocenters. The lowest BCUT2D eigenvalue weighted by molar-refractivity contribution is 0.0523. The number of fused-ring (bicyclic) bond motifs is 3. The van der Waals surface area contributed by atoms with Crippen LogP contribution in [0.25, 0.3) is 33.5 Å². The van der Waals surface area contributed by atoms with Crippen molar-refractivity contribution in [3.8, 4) is 16.8 Å². The normalized spacial score (nSPS) is 11.3. The Balaban J connectivity index is 1.85. The smallest absolute Gasteiger partial charge is 0.345 e. The van der Waals surface area contributed by atoms with Gasteiger partial charge in [-0.3, -0.25) is 4.79 Å². The van der Waals surface area contributed by atoms with Crippen LogP contribution in [0.2, 0.25) is 10.0 Å². The van der Waals surface area contributed by atoms with Crippen LogP contribution in [-0.2, 0) is 4.74 Å². The first-order chi connectivity index (χ1) is 16.4. The maximum Gasteiger partial charge on any atom is 0.345 e. The largest absolute Gasteiger partial charge is 0.462 e. The van der Waals surface area contributed by atoms with Crippen LogP contribution >= 0.6 is 23.2 Å². The molecule has 0 bridgehead atoms. The molecule has 10 heteroatoms. The molecular formula is C24H15Cl2FN4O3. The maximum atomic E-state index is 13.8. The highest BCUT2D eigenvalue weighted by atomic mass is 35.5. The number of benzene rings is 2. The maximum absolute atomic E-state index is 13.8. The third-order valence-electron chi connectivity index (χ3n) is 5.32. The van der Waals surface area contributed by atoms with E-state index in [0.717, 1.165) is 5.56 Å². The van der Waals surface area contributed by atoms with Gasteiger partial charge < -0.3 is 9.30 Å². The van der Waals surface area contributed by atoms with E-state index in [1.165, 1.54) is 29.1 Å². The van der Waals surface area contributed by atoms with Gasteiger partial charge in [-0.1, -0.05) is 35.3 Å². The van der Waals surface area contributed by atoms with E-state index in [1.54, 1.807) is 35.9 Å². The summed E-state index contributed by atoms with van der Waals surface area (Å²) < 4.78 is 21.7. The zero-order valence-electron chi connectivity index (χ0n) is 17.6. The molecule has 0 fully saturated rings. The molecule has 0 saturated carbocycles. The van der Waals surface area contributed by atoms with Gasteiger partial charge in [-0.15, -0.1) is 0 Å². The molecule has 0 aliphatic heterocycles. The van der Waals surface area contributed by atoms with E-state index in [0.29, 0.717) is 33.0 Å². The molecule has 3 aromatic heterocycles. The molecule has 170 valence electrons. The van der Waals surface area contributed by atoms with Crippen molar-refractivity contribution in [2.45, 2.75) is 6.92 Å². The Morgan fingerprint density at radius 3 is 2.56 bits per heavy atom. The van der Waals surface area contributed by atoms with Gasteiger partial charge in [0, 0.05) is 28.7 Å². The zero-order chi connectivity index (χ0) is 24.0. The van der Waals surface area contributed by atoms with Gasteiger partial charge in [0.15, 0.2) is 11.3 Å². The molecule has 5 rings (SSSR count). The SMILES string of the molecule is CCOC(=O)c1cnc2c3c(-c4ccc(Cl)cc4)cn(-c4ccc(F)c(Cl)c4)c3ncn2c1=O. The predicted octanol–water partition coefficient (Wildman–Crippen LogP) is 5.32. The highest BCUT2D eigenvalue weighted by Gasteiger charge is 2.21. The molecule has 0 amide bonds. The van der Waals surface area contributed by atoms with Gasteiger partial charge >= 0.3 is 5.97 Å². The fraction of sp³-hybridized carbons (Fsp3) is 0.0833. The molecule has 5 aromatic rings. The molecule has 0 aliphatic rings. The highest BCUT2D eigenvalue weighted by Crippen LogP contribution is 2.34. The van der Waals surface area contributed by atoms with E-state index in [9.17, 15) is 14.0 Å². The highest BCUT2D eigenvalue weighted by molar-refractivity contribution is 6.31. The number of carbonyl (C=O) groups excluding carboxylic acids is 1. The number of esters is 1. The van der Waals surface area contributed by atoms with E-state index >= 15 is 0 Å². The first-order valence-corrected chi connectivity index (χ1v) is 10.9. The summed E-state index contributed by atoms with van der Waals surface area (Å²) in [7, 11) is 0. The van der Waals surface area contributed by atoms with Crippen LogP contribution in [0.1, 0.15) is 17.3 Å². The standard InChI is InChI=1S/C24H15Cl2FN4O3/c1-2-34-24(33)16-10-28-21-20-17(13-3-5-14(25)6-4-13)11-30(15-7-8-19(27)18(26)9-15)22(20)29-12-31(21)23(16)32/h3-12H,2H2,1H3. The molecule has 34 heavy (non-hydrogen) atoms. The lowest BCUT2D eigenvalue weighted by Gasteiger charge is -2.08. The summed E-state index contributed by atoms with van der Waals surface area (Å²) in [5.41, 5.74) is 2.02. The van der Waals surface area contributed by atoms with Crippen molar-refractivity contribution < 1.29 is 13.9 Å². The van der Waals surface area contributed by atoms with Crippen LogP contribution < -0.4 is 5.56 Å². The number of hydrogen-bond acceptors (Lipinski definition) is 5. The van der Waals surface area contributed by atoms with Crippen molar-refractivity contribution in [3.05, 3.63) is 93.0 Å². The number of rotatable bonds is 4. The van der Waals surface area contributed by atoms with Crippen molar-refractivity contribution in [3.63, 3.8) is 0 Å². The van der Waals surface area contributed by atoms with Crippen LogP contribution in [0.4, 0.5) is 4.39 Å². The average Bonchev–Trinajstić information content (AvgIpc) is 3.22. The molecule has 2 aromatic carbocycles. The number of ether oxygens (including phenoxy) is 1. The topological polar surface area (TPSA) is 78.5 Å². The molecule has 0 saturated heterocycles. The second-order valence-corrected chi connectivity index (χ2v) is 8.20. The van der Waals surface area contributed by atoms with Gasteiger partial charge in [0.1, 0.15) is 17.7 Å². The lowest BCUT2D eigenvalue weighted by Crippen LogP contribution is -2.24. The molecule has 3 heterocycles. The van der Waals surface area contributed by atoms with Gasteiger partial charge in [0.2, 0.25) is 0 Å². The van der Waals surface area contributed by atoms with Crippen LogP contribution in [-0.4, -0.2) is 31.5 Å². The number of hydrogen-bond donors (Lipinski definition) is 0. The van der Waals surface area contributed by atoms with E-state index in [1.807, 2.05) is 12.1 Å². The Bertz CT molecular complexity index is 1640. The molecule has 0 spiro atoms. The van der Waals surface area contributed by atoms with Gasteiger partial charge in [-0.25, -0.2) is 23.6 Å². The Morgan fingerprint density at radius 2 is 1.85 bits per heavy atom. The number of carbonyl (C=O) groups is 1. The van der Waals surface area contributed by atoms with E-state index in [2.05, 4.69) is 9.97 Å². The minimum Gasteiger partial charge on any atom is -0.462 e. The third kappa shape index (κ3) is 3.61. The summed E-state index contributed by atoms with van der Waals surface area (Å²) in [5, 5.41) is 1.08. The zero-order valence-corrected chi connectivity index (χ0v) is 19.1. The minimum atomic E-state index is -0.758. The third-order valence-corrected chi connectivity index (χ3v) is 5.87. The molecule has 0 radical (unpaired) electrons. The van der Waals surface area contributed by atoms with Crippen molar-refractivity contribution in [1.82, 2.24) is 18.9 Å². The van der Waals surface area contributed by atoms with Gasteiger partial charge in [0.05, 0.1) is 17.0 Å². The minimum absolute atomic E-state index is 0.0402. The molecule has 0 aliphatic carbocycles. The van der Waals surface area contributed by atoms with Gasteiger partial charge in [-0.2, -0.15) is 0 Å². The van der Waals surface area contributed by atoms with Crippen LogP contribution in [0.5, 0.6) is 0 Å². The summed E-state index contributed by atoms with van der Waals surface area (Å²) >= 11 is 12.1.